The van der Waals surface area contributed by atoms with Crippen molar-refractivity contribution < 1.29 is 9.90 Å². The summed E-state index contributed by atoms with van der Waals surface area (Å²) in [6.45, 7) is 2.06. The summed E-state index contributed by atoms with van der Waals surface area (Å²) < 4.78 is 0. The van der Waals surface area contributed by atoms with Gasteiger partial charge in [-0.15, -0.1) is 0 Å². The molecule has 2 N–H and O–H groups in total. The topological polar surface area (TPSA) is 49.3 Å². The Bertz CT molecular complexity index is 431. The van der Waals surface area contributed by atoms with Crippen LogP contribution in [0.3, 0.4) is 0 Å². The molecule has 0 spiro atoms. The van der Waals surface area contributed by atoms with Crippen LogP contribution >= 0.6 is 0 Å². The van der Waals surface area contributed by atoms with E-state index in [0.29, 0.717) is 6.42 Å². The van der Waals surface area contributed by atoms with Crippen molar-refractivity contribution in [3.63, 3.8) is 0 Å². The maximum Gasteiger partial charge on any atom is 0.220 e. The highest BCUT2D eigenvalue weighted by molar-refractivity contribution is 5.76. The molecule has 0 radical (unpaired) electrons. The monoisotopic (exact) mass is 261 g/mol. The van der Waals surface area contributed by atoms with Crippen LogP contribution in [0, 0.1) is 6.92 Å². The van der Waals surface area contributed by atoms with Gasteiger partial charge in [0.15, 0.2) is 0 Å². The predicted molar refractivity (Wildman–Crippen MR) is 75.9 cm³/mol. The molecular weight excluding hydrogens is 238 g/mol. The number of nitrogens with one attached hydrogen (secondary N) is 1. The number of aryl methyl sites for hydroxylation is 2. The van der Waals surface area contributed by atoms with E-state index in [2.05, 4.69) is 30.4 Å². The fourth-order valence-electron chi connectivity index (χ4n) is 2.68. The molecule has 0 saturated heterocycles. The molecule has 0 aliphatic heterocycles. The Balaban J connectivity index is 1.78. The second-order valence-electron chi connectivity index (χ2n) is 5.51. The highest BCUT2D eigenvalue weighted by Gasteiger charge is 2.24. The lowest BCUT2D eigenvalue weighted by Crippen LogP contribution is -2.45. The van der Waals surface area contributed by atoms with E-state index < -0.39 is 0 Å². The third-order valence-electron chi connectivity index (χ3n) is 3.80. The summed E-state index contributed by atoms with van der Waals surface area (Å²) in [5, 5.41) is 12.8. The van der Waals surface area contributed by atoms with Crippen LogP contribution in [0.1, 0.15) is 43.2 Å². The van der Waals surface area contributed by atoms with E-state index in [-0.39, 0.29) is 18.1 Å². The first-order chi connectivity index (χ1) is 9.15. The van der Waals surface area contributed by atoms with Gasteiger partial charge in [0.2, 0.25) is 5.91 Å². The molecule has 1 fully saturated rings. The number of rotatable bonds is 4. The van der Waals surface area contributed by atoms with Gasteiger partial charge in [0.1, 0.15) is 0 Å². The summed E-state index contributed by atoms with van der Waals surface area (Å²) >= 11 is 0. The van der Waals surface area contributed by atoms with E-state index in [1.165, 1.54) is 11.1 Å². The van der Waals surface area contributed by atoms with Gasteiger partial charge in [-0.05, 0) is 31.7 Å². The average Bonchev–Trinajstić information content (AvgIpc) is 2.39. The van der Waals surface area contributed by atoms with Crippen molar-refractivity contribution in [3.05, 3.63) is 35.4 Å². The molecule has 2 atom stereocenters. The Morgan fingerprint density at radius 2 is 2.16 bits per heavy atom. The van der Waals surface area contributed by atoms with Crippen LogP contribution in [0.2, 0.25) is 0 Å². The molecular formula is C16H23NO2. The van der Waals surface area contributed by atoms with E-state index in [0.717, 1.165) is 32.1 Å². The lowest BCUT2D eigenvalue weighted by atomic mass is 9.92. The fourth-order valence-corrected chi connectivity index (χ4v) is 2.68. The molecule has 3 nitrogen and oxygen atoms in total. The molecule has 1 saturated carbocycles. The molecule has 0 aromatic heterocycles. The van der Waals surface area contributed by atoms with Gasteiger partial charge in [0.25, 0.3) is 0 Å². The average molecular weight is 261 g/mol. The molecule has 1 aromatic carbocycles. The first-order valence-corrected chi connectivity index (χ1v) is 7.18. The number of aliphatic hydroxyl groups excluding tert-OH is 1. The molecule has 0 bridgehead atoms. The van der Waals surface area contributed by atoms with Gasteiger partial charge >= 0.3 is 0 Å². The Morgan fingerprint density at radius 3 is 2.89 bits per heavy atom. The molecule has 3 heteroatoms. The Hall–Kier alpha value is -1.35. The van der Waals surface area contributed by atoms with E-state index in [9.17, 15) is 9.90 Å². The minimum atomic E-state index is -0.364. The van der Waals surface area contributed by atoms with Crippen LogP contribution in [-0.2, 0) is 11.2 Å². The molecule has 0 unspecified atom stereocenters. The lowest BCUT2D eigenvalue weighted by molar-refractivity contribution is -0.123. The van der Waals surface area contributed by atoms with Gasteiger partial charge in [-0.3, -0.25) is 4.79 Å². The highest BCUT2D eigenvalue weighted by atomic mass is 16.3. The number of amides is 1. The van der Waals surface area contributed by atoms with E-state index >= 15 is 0 Å². The minimum Gasteiger partial charge on any atom is -0.391 e. The van der Waals surface area contributed by atoms with Crippen molar-refractivity contribution in [1.82, 2.24) is 5.32 Å². The van der Waals surface area contributed by atoms with Crippen molar-refractivity contribution >= 4 is 5.91 Å². The SMILES string of the molecule is Cc1cccc(CCC(=O)N[C@@H]2CCCC[C@H]2O)c1. The van der Waals surface area contributed by atoms with E-state index in [1.807, 2.05) is 6.07 Å². The summed E-state index contributed by atoms with van der Waals surface area (Å²) in [4.78, 5) is 11.9. The Kier molecular flexibility index (Phi) is 4.97. The lowest BCUT2D eigenvalue weighted by Gasteiger charge is -2.28. The first-order valence-electron chi connectivity index (χ1n) is 7.18. The molecule has 104 valence electrons. The van der Waals surface area contributed by atoms with Crippen molar-refractivity contribution in [2.75, 3.05) is 0 Å². The van der Waals surface area contributed by atoms with Crippen molar-refractivity contribution in [3.8, 4) is 0 Å². The molecule has 1 aromatic rings. The number of carbonyl (C=O) groups is 1. The molecule has 1 amide bonds. The minimum absolute atomic E-state index is 0.0428. The number of carbonyl (C=O) groups excluding carboxylic acids is 1. The largest absolute Gasteiger partial charge is 0.391 e. The summed E-state index contributed by atoms with van der Waals surface area (Å²) in [7, 11) is 0. The van der Waals surface area contributed by atoms with Crippen LogP contribution in [-0.4, -0.2) is 23.2 Å². The molecule has 0 heterocycles. The normalized spacial score (nSPS) is 23.1. The molecule has 1 aliphatic rings. The van der Waals surface area contributed by atoms with Gasteiger partial charge in [0, 0.05) is 6.42 Å². The molecule has 2 rings (SSSR count). The zero-order chi connectivity index (χ0) is 13.7. The highest BCUT2D eigenvalue weighted by Crippen LogP contribution is 2.18. The predicted octanol–water partition coefficient (Wildman–Crippen LogP) is 2.35. The van der Waals surface area contributed by atoms with Gasteiger partial charge in [-0.2, -0.15) is 0 Å². The molecule has 19 heavy (non-hydrogen) atoms. The molecule has 1 aliphatic carbocycles. The number of aliphatic hydroxyl groups is 1. The van der Waals surface area contributed by atoms with Crippen molar-refractivity contribution in [2.24, 2.45) is 0 Å². The Labute approximate surface area is 115 Å². The van der Waals surface area contributed by atoms with E-state index in [1.54, 1.807) is 0 Å². The zero-order valence-electron chi connectivity index (χ0n) is 11.6. The van der Waals surface area contributed by atoms with Gasteiger partial charge in [-0.25, -0.2) is 0 Å². The Morgan fingerprint density at radius 1 is 1.37 bits per heavy atom. The van der Waals surface area contributed by atoms with Crippen molar-refractivity contribution in [1.29, 1.82) is 0 Å². The van der Waals surface area contributed by atoms with E-state index in [4.69, 9.17) is 0 Å². The first kappa shape index (κ1) is 14.1. The summed E-state index contributed by atoms with van der Waals surface area (Å²) in [5.41, 5.74) is 2.42. The summed E-state index contributed by atoms with van der Waals surface area (Å²) in [6, 6.07) is 8.20. The van der Waals surface area contributed by atoms with Crippen LogP contribution in [0.15, 0.2) is 24.3 Å². The smallest absolute Gasteiger partial charge is 0.220 e. The fraction of sp³-hybridized carbons (Fsp3) is 0.562. The van der Waals surface area contributed by atoms with Crippen LogP contribution in [0.25, 0.3) is 0 Å². The third kappa shape index (κ3) is 4.35. The number of hydrogen-bond donors (Lipinski definition) is 2. The third-order valence-corrected chi connectivity index (χ3v) is 3.80. The summed E-state index contributed by atoms with van der Waals surface area (Å²) in [6.07, 6.45) is 4.76. The number of hydrogen-bond acceptors (Lipinski definition) is 2. The van der Waals surface area contributed by atoms with Crippen LogP contribution in [0.5, 0.6) is 0 Å². The van der Waals surface area contributed by atoms with Gasteiger partial charge in [0.05, 0.1) is 12.1 Å². The van der Waals surface area contributed by atoms with Crippen LogP contribution in [0.4, 0.5) is 0 Å². The summed E-state index contributed by atoms with van der Waals surface area (Å²) in [5.74, 6) is 0.0486. The zero-order valence-corrected chi connectivity index (χ0v) is 11.6. The number of benzene rings is 1. The quantitative estimate of drug-likeness (QED) is 0.874. The second-order valence-corrected chi connectivity index (χ2v) is 5.51. The standard InChI is InChI=1S/C16H23NO2/c1-12-5-4-6-13(11-12)9-10-16(19)17-14-7-2-3-8-15(14)18/h4-6,11,14-15,18H,2-3,7-10H2,1H3,(H,17,19)/t14-,15-/m1/s1. The maximum absolute atomic E-state index is 11.9. The van der Waals surface area contributed by atoms with Gasteiger partial charge < -0.3 is 10.4 Å². The van der Waals surface area contributed by atoms with Gasteiger partial charge in [-0.1, -0.05) is 42.7 Å². The van der Waals surface area contributed by atoms with Crippen molar-refractivity contribution in [2.45, 2.75) is 57.6 Å². The maximum atomic E-state index is 11.9. The van der Waals surface area contributed by atoms with Crippen LogP contribution < -0.4 is 5.32 Å². The second kappa shape index (κ2) is 6.71.